The summed E-state index contributed by atoms with van der Waals surface area (Å²) in [4.78, 5) is 19.8. The Morgan fingerprint density at radius 1 is 1.58 bits per heavy atom. The van der Waals surface area contributed by atoms with Gasteiger partial charge in [-0.3, -0.25) is 9.99 Å². The van der Waals surface area contributed by atoms with E-state index in [1.54, 1.807) is 10.8 Å². The maximum absolute atomic E-state index is 11.6. The topological polar surface area (TPSA) is 115 Å². The predicted octanol–water partition coefficient (Wildman–Crippen LogP) is 0.517. The van der Waals surface area contributed by atoms with Gasteiger partial charge in [0.15, 0.2) is 5.16 Å². The van der Waals surface area contributed by atoms with Crippen LogP contribution in [0.3, 0.4) is 0 Å². The third kappa shape index (κ3) is 2.93. The first kappa shape index (κ1) is 13.6. The molecule has 4 N–H and O–H groups in total. The Labute approximate surface area is 113 Å². The van der Waals surface area contributed by atoms with E-state index in [0.29, 0.717) is 22.7 Å². The van der Waals surface area contributed by atoms with Crippen LogP contribution in [0.15, 0.2) is 21.2 Å². The van der Waals surface area contributed by atoms with Crippen LogP contribution in [0.25, 0.3) is 0 Å². The number of hydrazine groups is 1. The van der Waals surface area contributed by atoms with Gasteiger partial charge in [-0.05, 0) is 25.1 Å². The lowest BCUT2D eigenvalue weighted by Gasteiger charge is -2.06. The lowest BCUT2D eigenvalue weighted by molar-refractivity contribution is 0.603. The quantitative estimate of drug-likeness (QED) is 0.415. The van der Waals surface area contributed by atoms with Crippen LogP contribution in [0.4, 0.5) is 5.95 Å². The monoisotopic (exact) mass is 281 g/mol. The maximum Gasteiger partial charge on any atom is 0.343 e. The number of rotatable bonds is 5. The van der Waals surface area contributed by atoms with E-state index in [0.717, 1.165) is 12.0 Å². The fourth-order valence-electron chi connectivity index (χ4n) is 1.49. The van der Waals surface area contributed by atoms with Gasteiger partial charge in [0.2, 0.25) is 5.95 Å². The normalized spacial score (nSPS) is 10.7. The first-order chi connectivity index (χ1) is 9.15. The van der Waals surface area contributed by atoms with Crippen molar-refractivity contribution in [1.29, 1.82) is 0 Å². The third-order valence-electron chi connectivity index (χ3n) is 2.41. The van der Waals surface area contributed by atoms with E-state index >= 15 is 0 Å². The second-order valence-corrected chi connectivity index (χ2v) is 4.85. The number of nitrogen functional groups attached to an aromatic ring is 1. The SMILES string of the molecule is CCCn1c(Sc2nc(NN)ncc2C)n[nH]c1=O. The highest BCUT2D eigenvalue weighted by Gasteiger charge is 2.12. The molecule has 0 amide bonds. The zero-order valence-corrected chi connectivity index (χ0v) is 11.5. The molecule has 8 nitrogen and oxygen atoms in total. The number of aromatic amines is 1. The molecule has 0 aliphatic carbocycles. The predicted molar refractivity (Wildman–Crippen MR) is 71.8 cm³/mol. The molecule has 2 rings (SSSR count). The summed E-state index contributed by atoms with van der Waals surface area (Å²) in [6, 6.07) is 0. The zero-order valence-electron chi connectivity index (χ0n) is 10.7. The second kappa shape index (κ2) is 5.85. The van der Waals surface area contributed by atoms with Crippen molar-refractivity contribution in [2.75, 3.05) is 5.43 Å². The van der Waals surface area contributed by atoms with Gasteiger partial charge in [0.05, 0.1) is 0 Å². The summed E-state index contributed by atoms with van der Waals surface area (Å²) in [6.07, 6.45) is 2.52. The van der Waals surface area contributed by atoms with Crippen LogP contribution in [-0.2, 0) is 6.54 Å². The van der Waals surface area contributed by atoms with E-state index in [1.807, 2.05) is 13.8 Å². The van der Waals surface area contributed by atoms with Crippen LogP contribution in [0.2, 0.25) is 0 Å². The molecule has 0 fully saturated rings. The summed E-state index contributed by atoms with van der Waals surface area (Å²) in [7, 11) is 0. The van der Waals surface area contributed by atoms with Gasteiger partial charge < -0.3 is 0 Å². The fraction of sp³-hybridized carbons (Fsp3) is 0.400. The summed E-state index contributed by atoms with van der Waals surface area (Å²) in [5, 5.41) is 7.73. The lowest BCUT2D eigenvalue weighted by atomic mass is 10.4. The Morgan fingerprint density at radius 3 is 3.05 bits per heavy atom. The number of hydrogen-bond acceptors (Lipinski definition) is 7. The van der Waals surface area contributed by atoms with Crippen molar-refractivity contribution < 1.29 is 0 Å². The maximum atomic E-state index is 11.6. The van der Waals surface area contributed by atoms with Crippen molar-refractivity contribution in [1.82, 2.24) is 24.7 Å². The molecule has 0 saturated carbocycles. The van der Waals surface area contributed by atoms with Crippen molar-refractivity contribution in [3.8, 4) is 0 Å². The Bertz CT molecular complexity index is 621. The molecule has 2 heterocycles. The number of aryl methyl sites for hydroxylation is 1. The van der Waals surface area contributed by atoms with Crippen LogP contribution in [0, 0.1) is 6.92 Å². The minimum atomic E-state index is -0.215. The molecule has 0 unspecified atom stereocenters. The van der Waals surface area contributed by atoms with E-state index in [4.69, 9.17) is 5.84 Å². The molecule has 0 radical (unpaired) electrons. The van der Waals surface area contributed by atoms with Crippen molar-refractivity contribution in [2.24, 2.45) is 5.84 Å². The second-order valence-electron chi connectivity index (χ2n) is 3.89. The summed E-state index contributed by atoms with van der Waals surface area (Å²) in [6.45, 7) is 4.50. The summed E-state index contributed by atoms with van der Waals surface area (Å²) >= 11 is 1.31. The lowest BCUT2D eigenvalue weighted by Crippen LogP contribution is -2.17. The molecule has 2 aromatic heterocycles. The number of anilines is 1. The van der Waals surface area contributed by atoms with Crippen molar-refractivity contribution in [3.63, 3.8) is 0 Å². The molecule has 2 aromatic rings. The van der Waals surface area contributed by atoms with Crippen LogP contribution < -0.4 is 17.0 Å². The number of nitrogens with zero attached hydrogens (tertiary/aromatic N) is 4. The summed E-state index contributed by atoms with van der Waals surface area (Å²) < 4.78 is 1.59. The average molecular weight is 281 g/mol. The highest BCUT2D eigenvalue weighted by molar-refractivity contribution is 7.99. The van der Waals surface area contributed by atoms with Gasteiger partial charge in [0.25, 0.3) is 0 Å². The molecule has 0 bridgehead atoms. The minimum Gasteiger partial charge on any atom is -0.292 e. The summed E-state index contributed by atoms with van der Waals surface area (Å²) in [5.74, 6) is 5.61. The molecular formula is C10H15N7OS. The smallest absolute Gasteiger partial charge is 0.292 e. The average Bonchev–Trinajstić information content (AvgIpc) is 2.74. The number of aromatic nitrogens is 5. The van der Waals surface area contributed by atoms with Gasteiger partial charge in [-0.1, -0.05) is 6.92 Å². The molecule has 102 valence electrons. The molecule has 0 spiro atoms. The first-order valence-corrected chi connectivity index (χ1v) is 6.60. The van der Waals surface area contributed by atoms with Crippen LogP contribution >= 0.6 is 11.8 Å². The van der Waals surface area contributed by atoms with Gasteiger partial charge in [-0.25, -0.2) is 25.7 Å². The van der Waals surface area contributed by atoms with Gasteiger partial charge in [0.1, 0.15) is 5.03 Å². The molecule has 9 heteroatoms. The number of nitrogens with two attached hydrogens (primary N) is 1. The third-order valence-corrected chi connectivity index (χ3v) is 3.51. The fourth-order valence-corrected chi connectivity index (χ4v) is 2.38. The van der Waals surface area contributed by atoms with Crippen LogP contribution in [-0.4, -0.2) is 24.7 Å². The highest BCUT2D eigenvalue weighted by Crippen LogP contribution is 2.26. The van der Waals surface area contributed by atoms with E-state index in [9.17, 15) is 4.79 Å². The number of hydrogen-bond donors (Lipinski definition) is 3. The molecule has 0 atom stereocenters. The van der Waals surface area contributed by atoms with E-state index in [2.05, 4.69) is 25.6 Å². The standard InChI is InChI=1S/C10H15N7OS/c1-3-4-17-9(18)15-16-10(17)19-7-6(2)5-12-8(13-7)14-11/h5H,3-4,11H2,1-2H3,(H,15,18)(H,12,13,14). The Kier molecular flexibility index (Phi) is 4.17. The van der Waals surface area contributed by atoms with Crippen molar-refractivity contribution in [3.05, 3.63) is 22.2 Å². The molecular weight excluding hydrogens is 266 g/mol. The largest absolute Gasteiger partial charge is 0.343 e. The minimum absolute atomic E-state index is 0.215. The van der Waals surface area contributed by atoms with Gasteiger partial charge in [-0.15, -0.1) is 5.10 Å². The number of nitrogens with one attached hydrogen (secondary N) is 2. The molecule has 0 aromatic carbocycles. The van der Waals surface area contributed by atoms with Crippen LogP contribution in [0.5, 0.6) is 0 Å². The number of H-pyrrole nitrogens is 1. The van der Waals surface area contributed by atoms with Gasteiger partial charge >= 0.3 is 5.69 Å². The van der Waals surface area contributed by atoms with Gasteiger partial charge in [0, 0.05) is 18.3 Å². The van der Waals surface area contributed by atoms with Gasteiger partial charge in [-0.2, -0.15) is 0 Å². The zero-order chi connectivity index (χ0) is 13.8. The van der Waals surface area contributed by atoms with Crippen molar-refractivity contribution in [2.45, 2.75) is 37.0 Å². The molecule has 0 aliphatic heterocycles. The Morgan fingerprint density at radius 2 is 2.37 bits per heavy atom. The molecule has 0 aliphatic rings. The van der Waals surface area contributed by atoms with E-state index in [-0.39, 0.29) is 5.69 Å². The van der Waals surface area contributed by atoms with Crippen molar-refractivity contribution >= 4 is 17.7 Å². The summed E-state index contributed by atoms with van der Waals surface area (Å²) in [5.41, 5.74) is 3.07. The first-order valence-electron chi connectivity index (χ1n) is 5.79. The van der Waals surface area contributed by atoms with E-state index in [1.165, 1.54) is 11.8 Å². The van der Waals surface area contributed by atoms with E-state index < -0.39 is 0 Å². The Balaban J connectivity index is 2.33. The molecule has 19 heavy (non-hydrogen) atoms. The Hall–Kier alpha value is -1.87. The van der Waals surface area contributed by atoms with Crippen LogP contribution in [0.1, 0.15) is 18.9 Å². The molecule has 0 saturated heterocycles. The highest BCUT2D eigenvalue weighted by atomic mass is 32.2.